The van der Waals surface area contributed by atoms with Gasteiger partial charge in [-0.05, 0) is 46.0 Å². The maximum absolute atomic E-state index is 13.9. The summed E-state index contributed by atoms with van der Waals surface area (Å²) in [6.07, 6.45) is 4.76. The Balaban J connectivity index is 1.75. The summed E-state index contributed by atoms with van der Waals surface area (Å²) in [5.74, 6) is -2.16. The van der Waals surface area contributed by atoms with Crippen molar-refractivity contribution < 1.29 is 57.6 Å². The van der Waals surface area contributed by atoms with Crippen LogP contribution in [0.3, 0.4) is 0 Å². The number of carbonyl (C=O) groups excluding carboxylic acids is 5. The number of likely N-dealkylation sites (N-methyl/N-ethyl adjacent to an activating group) is 1. The van der Waals surface area contributed by atoms with Crippen molar-refractivity contribution in [2.75, 3.05) is 73.0 Å². The molecular formula is C33H56N4O12. The Morgan fingerprint density at radius 2 is 1.41 bits per heavy atom. The number of amides is 4. The van der Waals surface area contributed by atoms with Crippen molar-refractivity contribution in [2.45, 2.75) is 95.9 Å². The number of aldehydes is 1. The van der Waals surface area contributed by atoms with Gasteiger partial charge < -0.3 is 54.0 Å². The van der Waals surface area contributed by atoms with Crippen LogP contribution in [0.2, 0.25) is 0 Å². The molecule has 280 valence electrons. The van der Waals surface area contributed by atoms with Crippen LogP contribution in [0, 0.1) is 5.92 Å². The molecule has 3 atom stereocenters. The average Bonchev–Trinajstić information content (AvgIpc) is 3.45. The summed E-state index contributed by atoms with van der Waals surface area (Å²) in [5.41, 5.74) is -0.724. The summed E-state index contributed by atoms with van der Waals surface area (Å²) in [6, 6.07) is -2.03. The van der Waals surface area contributed by atoms with E-state index in [4.69, 9.17) is 28.8 Å². The Labute approximate surface area is 288 Å². The number of hydrogen-bond donors (Lipinski definition) is 3. The van der Waals surface area contributed by atoms with E-state index in [0.717, 1.165) is 37.0 Å². The molecule has 0 radical (unpaired) electrons. The molecule has 1 aliphatic heterocycles. The molecule has 0 aromatic rings. The number of rotatable bonds is 22. The normalized spacial score (nSPS) is 18.8. The van der Waals surface area contributed by atoms with Gasteiger partial charge in [-0.1, -0.05) is 19.3 Å². The van der Waals surface area contributed by atoms with Crippen LogP contribution in [0.15, 0.2) is 0 Å². The number of hydrogen-bond acceptors (Lipinski definition) is 11. The zero-order valence-corrected chi connectivity index (χ0v) is 29.4. The van der Waals surface area contributed by atoms with Gasteiger partial charge in [-0.25, -0.2) is 4.79 Å². The fraction of sp³-hybridized carbons (Fsp3) is 0.818. The molecule has 1 heterocycles. The lowest BCUT2D eigenvalue weighted by Gasteiger charge is -2.34. The maximum atomic E-state index is 13.9. The molecule has 0 aromatic carbocycles. The highest BCUT2D eigenvalue weighted by Crippen LogP contribution is 2.29. The van der Waals surface area contributed by atoms with Crippen LogP contribution in [-0.2, 0) is 47.7 Å². The first-order chi connectivity index (χ1) is 23.3. The van der Waals surface area contributed by atoms with Crippen LogP contribution in [0.5, 0.6) is 0 Å². The second-order valence-corrected chi connectivity index (χ2v) is 13.3. The molecule has 3 unspecified atom stereocenters. The Kier molecular flexibility index (Phi) is 19.1. The number of nitrogens with zero attached hydrogens (tertiary/aromatic N) is 2. The van der Waals surface area contributed by atoms with Crippen LogP contribution in [0.4, 0.5) is 4.79 Å². The van der Waals surface area contributed by atoms with E-state index in [1.807, 2.05) is 0 Å². The van der Waals surface area contributed by atoms with Gasteiger partial charge in [0.2, 0.25) is 17.7 Å². The molecule has 2 fully saturated rings. The van der Waals surface area contributed by atoms with E-state index in [0.29, 0.717) is 39.3 Å². The molecule has 16 heteroatoms. The van der Waals surface area contributed by atoms with E-state index in [1.54, 1.807) is 20.8 Å². The van der Waals surface area contributed by atoms with Crippen LogP contribution < -0.4 is 10.6 Å². The van der Waals surface area contributed by atoms with Gasteiger partial charge in [0.15, 0.2) is 0 Å². The third-order valence-electron chi connectivity index (χ3n) is 7.99. The van der Waals surface area contributed by atoms with E-state index in [2.05, 4.69) is 10.6 Å². The molecule has 16 nitrogen and oxygen atoms in total. The minimum absolute atomic E-state index is 0.0470. The molecule has 49 heavy (non-hydrogen) atoms. The van der Waals surface area contributed by atoms with Crippen molar-refractivity contribution in [3.63, 3.8) is 0 Å². The van der Waals surface area contributed by atoms with Crippen molar-refractivity contribution >= 4 is 36.1 Å². The number of carboxylic acid groups (broad SMARTS) is 1. The molecule has 1 saturated heterocycles. The summed E-state index contributed by atoms with van der Waals surface area (Å²) < 4.78 is 26.6. The summed E-state index contributed by atoms with van der Waals surface area (Å²) in [5, 5.41) is 14.3. The van der Waals surface area contributed by atoms with Crippen molar-refractivity contribution in [3.8, 4) is 0 Å². The van der Waals surface area contributed by atoms with Gasteiger partial charge in [-0.15, -0.1) is 0 Å². The lowest BCUT2D eigenvalue weighted by atomic mass is 9.83. The molecule has 2 rings (SSSR count). The molecule has 3 N–H and O–H groups in total. The van der Waals surface area contributed by atoms with Crippen LogP contribution in [0.25, 0.3) is 0 Å². The third kappa shape index (κ3) is 17.2. The Hall–Kier alpha value is -3.34. The summed E-state index contributed by atoms with van der Waals surface area (Å²) in [6.45, 7) is 7.28. The number of ether oxygens (including phenoxy) is 5. The van der Waals surface area contributed by atoms with E-state index < -0.39 is 41.7 Å². The second-order valence-electron chi connectivity index (χ2n) is 13.3. The van der Waals surface area contributed by atoms with Gasteiger partial charge in [0.05, 0.1) is 65.3 Å². The number of carboxylic acids is 1. The molecular weight excluding hydrogens is 644 g/mol. The fourth-order valence-corrected chi connectivity index (χ4v) is 5.61. The zero-order valence-electron chi connectivity index (χ0n) is 29.4. The van der Waals surface area contributed by atoms with Gasteiger partial charge in [-0.3, -0.25) is 19.2 Å². The molecule has 0 spiro atoms. The SMILES string of the molecule is CN(CC(=O)NC(C(=O)N1CC(NC(=O)CCOCCOCCOCCOCCC(=O)O)CC1C=O)C1CCCCC1)C(=O)OC(C)(C)C. The van der Waals surface area contributed by atoms with E-state index >= 15 is 0 Å². The monoisotopic (exact) mass is 700 g/mol. The first-order valence-corrected chi connectivity index (χ1v) is 17.1. The lowest BCUT2D eigenvalue weighted by molar-refractivity contribution is -0.140. The van der Waals surface area contributed by atoms with Crippen LogP contribution >= 0.6 is 0 Å². The molecule has 1 aliphatic carbocycles. The van der Waals surface area contributed by atoms with Gasteiger partial charge in [0.25, 0.3) is 0 Å². The van der Waals surface area contributed by atoms with Crippen LogP contribution in [0.1, 0.15) is 72.1 Å². The standard InChI is InChI=1S/C33H56N4O12/c1-33(2,3)49-32(44)36(4)22-28(40)35-30(24-8-6-5-7-9-24)31(43)37-21-25(20-26(37)23-38)34-27(39)10-12-45-14-16-47-18-19-48-17-15-46-13-11-29(41)42/h23-26,30H,5-22H2,1-4H3,(H,34,39)(H,35,40)(H,41,42). The summed E-state index contributed by atoms with van der Waals surface area (Å²) in [7, 11) is 1.45. The molecule has 4 amide bonds. The predicted molar refractivity (Wildman–Crippen MR) is 176 cm³/mol. The minimum atomic E-state index is -0.911. The Morgan fingerprint density at radius 3 is 1.94 bits per heavy atom. The largest absolute Gasteiger partial charge is 0.481 e. The zero-order chi connectivity index (χ0) is 36.2. The predicted octanol–water partition coefficient (Wildman–Crippen LogP) is 1.13. The van der Waals surface area contributed by atoms with Gasteiger partial charge in [0, 0.05) is 26.1 Å². The van der Waals surface area contributed by atoms with Gasteiger partial charge >= 0.3 is 12.1 Å². The second kappa shape index (κ2) is 22.4. The van der Waals surface area contributed by atoms with Crippen molar-refractivity contribution in [2.24, 2.45) is 5.92 Å². The lowest BCUT2D eigenvalue weighted by Crippen LogP contribution is -2.56. The number of likely N-dealkylation sites (tertiary alicyclic amines) is 1. The highest BCUT2D eigenvalue weighted by molar-refractivity contribution is 5.91. The van der Waals surface area contributed by atoms with E-state index in [1.165, 1.54) is 11.9 Å². The summed E-state index contributed by atoms with van der Waals surface area (Å²) >= 11 is 0. The number of aliphatic carboxylic acids is 1. The van der Waals surface area contributed by atoms with Crippen molar-refractivity contribution in [3.05, 3.63) is 0 Å². The van der Waals surface area contributed by atoms with Crippen molar-refractivity contribution in [1.29, 1.82) is 0 Å². The Bertz CT molecular complexity index is 1060. The molecule has 2 aliphatic rings. The molecule has 0 bridgehead atoms. The topological polar surface area (TPSA) is 199 Å². The van der Waals surface area contributed by atoms with E-state index in [-0.39, 0.29) is 69.9 Å². The number of nitrogens with one attached hydrogen (secondary N) is 2. The quantitative estimate of drug-likeness (QED) is 0.108. The third-order valence-corrected chi connectivity index (χ3v) is 7.99. The highest BCUT2D eigenvalue weighted by Gasteiger charge is 2.41. The first kappa shape index (κ1) is 41.8. The molecule has 1 saturated carbocycles. The van der Waals surface area contributed by atoms with E-state index in [9.17, 15) is 28.8 Å². The fourth-order valence-electron chi connectivity index (χ4n) is 5.61. The minimum Gasteiger partial charge on any atom is -0.481 e. The smallest absolute Gasteiger partial charge is 0.410 e. The maximum Gasteiger partial charge on any atom is 0.410 e. The van der Waals surface area contributed by atoms with Gasteiger partial charge in [-0.2, -0.15) is 0 Å². The Morgan fingerprint density at radius 1 is 0.857 bits per heavy atom. The summed E-state index contributed by atoms with van der Waals surface area (Å²) in [4.78, 5) is 76.9. The average molecular weight is 701 g/mol. The van der Waals surface area contributed by atoms with Crippen molar-refractivity contribution in [1.82, 2.24) is 20.4 Å². The first-order valence-electron chi connectivity index (χ1n) is 17.1. The highest BCUT2D eigenvalue weighted by atomic mass is 16.6. The molecule has 0 aromatic heterocycles. The van der Waals surface area contributed by atoms with Gasteiger partial charge in [0.1, 0.15) is 24.5 Å². The number of carbonyl (C=O) groups is 6. The van der Waals surface area contributed by atoms with Crippen LogP contribution in [-0.4, -0.2) is 148 Å².